The van der Waals surface area contributed by atoms with Crippen molar-refractivity contribution in [1.29, 1.82) is 5.26 Å². The summed E-state index contributed by atoms with van der Waals surface area (Å²) in [5.74, 6) is -0.907. The Bertz CT molecular complexity index is 507. The zero-order valence-corrected chi connectivity index (χ0v) is 9.65. The lowest BCUT2D eigenvalue weighted by Gasteiger charge is -2.03. The van der Waals surface area contributed by atoms with Crippen molar-refractivity contribution in [2.75, 3.05) is 7.11 Å². The molecule has 0 bridgehead atoms. The average Bonchev–Trinajstić information content (AvgIpc) is 2.26. The Kier molecular flexibility index (Phi) is 3.58. The number of hydrogen-bond donors (Lipinski definition) is 0. The van der Waals surface area contributed by atoms with Gasteiger partial charge in [-0.25, -0.2) is 4.79 Å². The van der Waals surface area contributed by atoms with Crippen molar-refractivity contribution in [3.05, 3.63) is 37.8 Å². The second-order valence-corrected chi connectivity index (χ2v) is 3.62. The minimum atomic E-state index is -0.907. The second-order valence-electron chi connectivity index (χ2n) is 2.71. The van der Waals surface area contributed by atoms with Crippen LogP contribution in [0, 0.1) is 21.4 Å². The first-order valence-electron chi connectivity index (χ1n) is 3.97. The number of halogens is 1. The minimum Gasteiger partial charge on any atom is -0.465 e. The molecule has 0 heterocycles. The molecule has 7 heteroatoms. The van der Waals surface area contributed by atoms with E-state index in [1.807, 2.05) is 0 Å². The fourth-order valence-corrected chi connectivity index (χ4v) is 1.59. The van der Waals surface area contributed by atoms with Crippen LogP contribution in [0.15, 0.2) is 16.6 Å². The fourth-order valence-electron chi connectivity index (χ4n) is 1.14. The van der Waals surface area contributed by atoms with Gasteiger partial charge in [0.15, 0.2) is 5.56 Å². The highest BCUT2D eigenvalue weighted by Gasteiger charge is 2.25. The van der Waals surface area contributed by atoms with Crippen molar-refractivity contribution >= 4 is 27.6 Å². The molecule has 1 aromatic rings. The Morgan fingerprint density at radius 1 is 1.62 bits per heavy atom. The predicted molar refractivity (Wildman–Crippen MR) is 56.9 cm³/mol. The average molecular weight is 285 g/mol. The van der Waals surface area contributed by atoms with Gasteiger partial charge in [-0.05, 0) is 6.07 Å². The normalized spacial score (nSPS) is 9.31. The van der Waals surface area contributed by atoms with Gasteiger partial charge in [-0.3, -0.25) is 10.1 Å². The zero-order chi connectivity index (χ0) is 12.3. The van der Waals surface area contributed by atoms with Gasteiger partial charge in [0.1, 0.15) is 6.07 Å². The van der Waals surface area contributed by atoms with Crippen LogP contribution >= 0.6 is 15.9 Å². The summed E-state index contributed by atoms with van der Waals surface area (Å²) in [6.45, 7) is 0. The van der Waals surface area contributed by atoms with Crippen LogP contribution in [0.25, 0.3) is 0 Å². The van der Waals surface area contributed by atoms with Crippen molar-refractivity contribution in [2.45, 2.75) is 0 Å². The molecule has 0 aromatic heterocycles. The van der Waals surface area contributed by atoms with Crippen LogP contribution in [0.4, 0.5) is 5.69 Å². The monoisotopic (exact) mass is 284 g/mol. The van der Waals surface area contributed by atoms with E-state index in [-0.39, 0.29) is 11.1 Å². The number of rotatable bonds is 2. The zero-order valence-electron chi connectivity index (χ0n) is 8.06. The van der Waals surface area contributed by atoms with E-state index in [4.69, 9.17) is 5.26 Å². The number of nitriles is 1. The lowest BCUT2D eigenvalue weighted by Crippen LogP contribution is -2.08. The third kappa shape index (κ3) is 2.17. The maximum absolute atomic E-state index is 11.3. The Balaban J connectivity index is 3.59. The van der Waals surface area contributed by atoms with Crippen LogP contribution in [0.3, 0.4) is 0 Å². The third-order valence-electron chi connectivity index (χ3n) is 1.79. The highest BCUT2D eigenvalue weighted by Crippen LogP contribution is 2.27. The second kappa shape index (κ2) is 4.72. The fraction of sp³-hybridized carbons (Fsp3) is 0.111. The Hall–Kier alpha value is -1.94. The van der Waals surface area contributed by atoms with Crippen molar-refractivity contribution < 1.29 is 14.5 Å². The molecule has 16 heavy (non-hydrogen) atoms. The van der Waals surface area contributed by atoms with Crippen molar-refractivity contribution in [3.63, 3.8) is 0 Å². The first-order valence-corrected chi connectivity index (χ1v) is 4.77. The SMILES string of the molecule is COC(=O)c1c(C#N)cc(Br)cc1[N+](=O)[O-]. The van der Waals surface area contributed by atoms with Crippen LogP contribution in [0.5, 0.6) is 0 Å². The molecule has 0 aliphatic heterocycles. The molecular weight excluding hydrogens is 280 g/mol. The van der Waals surface area contributed by atoms with E-state index in [2.05, 4.69) is 20.7 Å². The molecule has 1 aromatic carbocycles. The number of ether oxygens (including phenoxy) is 1. The Morgan fingerprint density at radius 2 is 2.25 bits per heavy atom. The Labute approximate surface area is 98.7 Å². The molecule has 0 spiro atoms. The molecule has 0 saturated carbocycles. The van der Waals surface area contributed by atoms with Gasteiger partial charge in [0.2, 0.25) is 0 Å². The minimum absolute atomic E-state index is 0.104. The number of nitrogens with zero attached hydrogens (tertiary/aromatic N) is 2. The lowest BCUT2D eigenvalue weighted by atomic mass is 10.1. The molecule has 0 saturated heterocycles. The predicted octanol–water partition coefficient (Wildman–Crippen LogP) is 2.02. The molecule has 0 unspecified atom stereocenters. The summed E-state index contributed by atoms with van der Waals surface area (Å²) in [4.78, 5) is 21.3. The highest BCUT2D eigenvalue weighted by atomic mass is 79.9. The number of methoxy groups -OCH3 is 1. The summed E-state index contributed by atoms with van der Waals surface area (Å²) in [6, 6.07) is 4.18. The van der Waals surface area contributed by atoms with Crippen LogP contribution in [-0.2, 0) is 4.74 Å². The smallest absolute Gasteiger partial charge is 0.346 e. The van der Waals surface area contributed by atoms with Crippen LogP contribution in [0.1, 0.15) is 15.9 Å². The van der Waals surface area contributed by atoms with Gasteiger partial charge in [-0.15, -0.1) is 0 Å². The first kappa shape index (κ1) is 12.1. The summed E-state index contributed by atoms with van der Waals surface area (Å²) in [6.07, 6.45) is 0. The number of carbonyl (C=O) groups excluding carboxylic acids is 1. The van der Waals surface area contributed by atoms with Gasteiger partial charge >= 0.3 is 5.97 Å². The van der Waals surface area contributed by atoms with Gasteiger partial charge in [-0.2, -0.15) is 5.26 Å². The van der Waals surface area contributed by atoms with Gasteiger partial charge < -0.3 is 4.74 Å². The molecule has 1 rings (SSSR count). The Morgan fingerprint density at radius 3 is 2.69 bits per heavy atom. The molecule has 0 amide bonds. The topological polar surface area (TPSA) is 93.2 Å². The molecular formula is C9H5BrN2O4. The summed E-state index contributed by atoms with van der Waals surface area (Å²) >= 11 is 3.02. The molecule has 0 fully saturated rings. The standard InChI is InChI=1S/C9H5BrN2O4/c1-16-9(13)8-5(4-11)2-6(10)3-7(8)12(14)15/h2-3H,1H3. The number of hydrogen-bond acceptors (Lipinski definition) is 5. The van der Waals surface area contributed by atoms with Gasteiger partial charge in [0, 0.05) is 10.5 Å². The quantitative estimate of drug-likeness (QED) is 0.470. The number of nitro groups is 1. The van der Waals surface area contributed by atoms with Gasteiger partial charge in [0.25, 0.3) is 5.69 Å². The van der Waals surface area contributed by atoms with Crippen molar-refractivity contribution in [2.24, 2.45) is 0 Å². The van der Waals surface area contributed by atoms with Crippen LogP contribution in [0.2, 0.25) is 0 Å². The summed E-state index contributed by atoms with van der Waals surface area (Å²) in [7, 11) is 1.09. The summed E-state index contributed by atoms with van der Waals surface area (Å²) in [5, 5.41) is 19.5. The first-order chi connectivity index (χ1) is 7.51. The van der Waals surface area contributed by atoms with E-state index >= 15 is 0 Å². The van der Waals surface area contributed by atoms with Crippen LogP contribution in [-0.4, -0.2) is 18.0 Å². The number of benzene rings is 1. The molecule has 82 valence electrons. The van der Waals surface area contributed by atoms with E-state index < -0.39 is 16.6 Å². The summed E-state index contributed by atoms with van der Waals surface area (Å²) in [5.41, 5.74) is -0.899. The molecule has 0 atom stereocenters. The lowest BCUT2D eigenvalue weighted by molar-refractivity contribution is -0.385. The summed E-state index contributed by atoms with van der Waals surface area (Å²) < 4.78 is 4.75. The van der Waals surface area contributed by atoms with E-state index in [9.17, 15) is 14.9 Å². The van der Waals surface area contributed by atoms with E-state index in [1.54, 1.807) is 6.07 Å². The number of esters is 1. The molecule has 6 nitrogen and oxygen atoms in total. The van der Waals surface area contributed by atoms with Gasteiger partial charge in [0.05, 0.1) is 17.6 Å². The number of nitro benzene ring substituents is 1. The van der Waals surface area contributed by atoms with E-state index in [0.717, 1.165) is 13.2 Å². The maximum atomic E-state index is 11.3. The maximum Gasteiger partial charge on any atom is 0.346 e. The largest absolute Gasteiger partial charge is 0.465 e. The molecule has 0 aliphatic carbocycles. The van der Waals surface area contributed by atoms with Crippen molar-refractivity contribution in [1.82, 2.24) is 0 Å². The number of carbonyl (C=O) groups is 1. The van der Waals surface area contributed by atoms with E-state index in [1.165, 1.54) is 6.07 Å². The van der Waals surface area contributed by atoms with Gasteiger partial charge in [-0.1, -0.05) is 15.9 Å². The van der Waals surface area contributed by atoms with Crippen LogP contribution < -0.4 is 0 Å². The molecule has 0 aliphatic rings. The van der Waals surface area contributed by atoms with Crippen molar-refractivity contribution in [3.8, 4) is 6.07 Å². The van der Waals surface area contributed by atoms with E-state index in [0.29, 0.717) is 4.47 Å². The molecule has 0 radical (unpaired) electrons. The highest BCUT2D eigenvalue weighted by molar-refractivity contribution is 9.10. The third-order valence-corrected chi connectivity index (χ3v) is 2.25. The molecule has 0 N–H and O–H groups in total.